The third kappa shape index (κ3) is 3.15. The molecule has 5 nitrogen and oxygen atoms in total. The van der Waals surface area contributed by atoms with Gasteiger partial charge in [0, 0.05) is 12.4 Å². The number of benzene rings is 1. The van der Waals surface area contributed by atoms with Crippen LogP contribution in [0, 0.1) is 0 Å². The van der Waals surface area contributed by atoms with Crippen molar-refractivity contribution in [3.8, 4) is 0 Å². The van der Waals surface area contributed by atoms with Crippen molar-refractivity contribution in [1.29, 1.82) is 0 Å². The third-order valence-corrected chi connectivity index (χ3v) is 6.54. The molecule has 1 aromatic carbocycles. The van der Waals surface area contributed by atoms with Crippen molar-refractivity contribution in [3.05, 3.63) is 46.8 Å². The maximum Gasteiger partial charge on any atom is 0.336 e. The zero-order chi connectivity index (χ0) is 16.5. The van der Waals surface area contributed by atoms with Gasteiger partial charge < -0.3 is 5.11 Å². The molecule has 0 saturated carbocycles. The summed E-state index contributed by atoms with van der Waals surface area (Å²) in [5, 5.41) is 10.2. The van der Waals surface area contributed by atoms with Crippen molar-refractivity contribution in [1.82, 2.24) is 0 Å². The second-order valence-electron chi connectivity index (χ2n) is 5.18. The van der Waals surface area contributed by atoms with Crippen LogP contribution in [0.15, 0.2) is 39.9 Å². The maximum atomic E-state index is 12.6. The van der Waals surface area contributed by atoms with Gasteiger partial charge >= 0.3 is 5.97 Å². The molecule has 2 rings (SSSR count). The second-order valence-corrected chi connectivity index (χ2v) is 8.29. The second kappa shape index (κ2) is 6.10. The van der Waals surface area contributed by atoms with Crippen LogP contribution in [0.1, 0.15) is 35.7 Å². The Bertz CT molecular complexity index is 793. The molecule has 0 fully saturated rings. The van der Waals surface area contributed by atoms with Crippen LogP contribution < -0.4 is 4.31 Å². The van der Waals surface area contributed by atoms with Crippen LogP contribution in [0.5, 0.6) is 0 Å². The molecule has 118 valence electrons. The molecule has 0 spiro atoms. The largest absolute Gasteiger partial charge is 0.478 e. The zero-order valence-corrected chi connectivity index (χ0v) is 14.1. The van der Waals surface area contributed by atoms with E-state index in [4.69, 9.17) is 5.11 Å². The smallest absolute Gasteiger partial charge is 0.336 e. The van der Waals surface area contributed by atoms with E-state index < -0.39 is 16.0 Å². The van der Waals surface area contributed by atoms with E-state index in [1.54, 1.807) is 6.07 Å². The van der Waals surface area contributed by atoms with Crippen molar-refractivity contribution in [2.24, 2.45) is 0 Å². The lowest BCUT2D eigenvalue weighted by Gasteiger charge is -2.19. The molecule has 1 aromatic heterocycles. The fourth-order valence-corrected chi connectivity index (χ4v) is 4.43. The van der Waals surface area contributed by atoms with E-state index in [1.165, 1.54) is 22.8 Å². The molecule has 0 aliphatic rings. The molecule has 0 radical (unpaired) electrons. The standard InChI is InChI=1S/C15H17NO4S2/c1-10(2)11-5-4-6-13(7-11)16(3)22(19,20)14-8-12(9-21-14)15(17)18/h4-10H,1-3H3,(H,17,18). The number of carbonyl (C=O) groups is 1. The highest BCUT2D eigenvalue weighted by Gasteiger charge is 2.24. The van der Waals surface area contributed by atoms with Gasteiger partial charge in [-0.1, -0.05) is 26.0 Å². The van der Waals surface area contributed by atoms with E-state index in [-0.39, 0.29) is 15.7 Å². The highest BCUT2D eigenvalue weighted by atomic mass is 32.2. The maximum absolute atomic E-state index is 12.6. The number of rotatable bonds is 5. The number of thiophene rings is 1. The summed E-state index contributed by atoms with van der Waals surface area (Å²) in [7, 11) is -2.29. The highest BCUT2D eigenvalue weighted by Crippen LogP contribution is 2.28. The molecule has 22 heavy (non-hydrogen) atoms. The minimum absolute atomic E-state index is 0.0161. The molecule has 0 amide bonds. The summed E-state index contributed by atoms with van der Waals surface area (Å²) in [5.41, 5.74) is 1.57. The van der Waals surface area contributed by atoms with Crippen LogP contribution in [0.25, 0.3) is 0 Å². The Labute approximate surface area is 133 Å². The van der Waals surface area contributed by atoms with Gasteiger partial charge in [-0.15, -0.1) is 11.3 Å². The minimum atomic E-state index is -3.76. The van der Waals surface area contributed by atoms with Gasteiger partial charge in [-0.3, -0.25) is 4.31 Å². The van der Waals surface area contributed by atoms with Crippen LogP contribution >= 0.6 is 11.3 Å². The van der Waals surface area contributed by atoms with Crippen LogP contribution in [0.3, 0.4) is 0 Å². The SMILES string of the molecule is CC(C)c1cccc(N(C)S(=O)(=O)c2cc(C(=O)O)cs2)c1. The summed E-state index contributed by atoms with van der Waals surface area (Å²) in [6.07, 6.45) is 0. The molecule has 1 N–H and O–H groups in total. The first kappa shape index (κ1) is 16.5. The van der Waals surface area contributed by atoms with Gasteiger partial charge in [0.15, 0.2) is 0 Å². The summed E-state index contributed by atoms with van der Waals surface area (Å²) in [6, 6.07) is 8.49. The third-order valence-electron chi connectivity index (χ3n) is 3.34. The molecular formula is C15H17NO4S2. The van der Waals surface area contributed by atoms with Crippen LogP contribution in [0.2, 0.25) is 0 Å². The highest BCUT2D eigenvalue weighted by molar-refractivity contribution is 7.94. The fraction of sp³-hybridized carbons (Fsp3) is 0.267. The number of carboxylic acid groups (broad SMARTS) is 1. The number of carboxylic acids is 1. The van der Waals surface area contributed by atoms with Crippen LogP contribution in [-0.2, 0) is 10.0 Å². The number of nitrogens with zero attached hydrogens (tertiary/aromatic N) is 1. The van der Waals surface area contributed by atoms with E-state index in [2.05, 4.69) is 0 Å². The molecule has 2 aromatic rings. The topological polar surface area (TPSA) is 74.7 Å². The molecule has 0 bridgehead atoms. The summed E-state index contributed by atoms with van der Waals surface area (Å²) < 4.78 is 26.4. The van der Waals surface area contributed by atoms with Gasteiger partial charge in [-0.2, -0.15) is 0 Å². The molecule has 0 aliphatic heterocycles. The van der Waals surface area contributed by atoms with Crippen molar-refractivity contribution in [2.75, 3.05) is 11.4 Å². The number of anilines is 1. The predicted molar refractivity (Wildman–Crippen MR) is 87.4 cm³/mol. The molecule has 1 heterocycles. The Kier molecular flexibility index (Phi) is 4.58. The Hall–Kier alpha value is -1.86. The van der Waals surface area contributed by atoms with E-state index in [0.717, 1.165) is 16.9 Å². The number of hydrogen-bond donors (Lipinski definition) is 1. The van der Waals surface area contributed by atoms with Gasteiger partial charge in [0.1, 0.15) is 4.21 Å². The quantitative estimate of drug-likeness (QED) is 0.906. The Morgan fingerprint density at radius 3 is 2.50 bits per heavy atom. The monoisotopic (exact) mass is 339 g/mol. The lowest BCUT2D eigenvalue weighted by atomic mass is 10.0. The summed E-state index contributed by atoms with van der Waals surface area (Å²) in [4.78, 5) is 10.9. The first-order valence-corrected chi connectivity index (χ1v) is 8.96. The Balaban J connectivity index is 2.40. The summed E-state index contributed by atoms with van der Waals surface area (Å²) >= 11 is 0.908. The molecule has 0 saturated heterocycles. The lowest BCUT2D eigenvalue weighted by Crippen LogP contribution is -2.25. The average Bonchev–Trinajstić information content (AvgIpc) is 2.97. The van der Waals surface area contributed by atoms with Crippen molar-refractivity contribution in [2.45, 2.75) is 24.0 Å². The van der Waals surface area contributed by atoms with Crippen LogP contribution in [-0.4, -0.2) is 26.5 Å². The minimum Gasteiger partial charge on any atom is -0.478 e. The molecule has 0 unspecified atom stereocenters. The first-order valence-electron chi connectivity index (χ1n) is 6.64. The Morgan fingerprint density at radius 2 is 1.95 bits per heavy atom. The van der Waals surface area contributed by atoms with Gasteiger partial charge in [-0.25, -0.2) is 13.2 Å². The van der Waals surface area contributed by atoms with Crippen molar-refractivity contribution in [3.63, 3.8) is 0 Å². The molecule has 0 atom stereocenters. The van der Waals surface area contributed by atoms with E-state index >= 15 is 0 Å². The van der Waals surface area contributed by atoms with E-state index in [9.17, 15) is 13.2 Å². The van der Waals surface area contributed by atoms with E-state index in [0.29, 0.717) is 5.69 Å². The normalized spacial score (nSPS) is 11.6. The van der Waals surface area contributed by atoms with Gasteiger partial charge in [-0.05, 0) is 29.7 Å². The van der Waals surface area contributed by atoms with Crippen molar-refractivity contribution < 1.29 is 18.3 Å². The van der Waals surface area contributed by atoms with Gasteiger partial charge in [0.05, 0.1) is 11.3 Å². The predicted octanol–water partition coefficient (Wildman–Crippen LogP) is 3.39. The lowest BCUT2D eigenvalue weighted by molar-refractivity contribution is 0.0697. The average molecular weight is 339 g/mol. The summed E-state index contributed by atoms with van der Waals surface area (Å²) in [5.74, 6) is -0.849. The first-order chi connectivity index (χ1) is 10.2. The zero-order valence-electron chi connectivity index (χ0n) is 12.5. The Morgan fingerprint density at radius 1 is 1.27 bits per heavy atom. The van der Waals surface area contributed by atoms with Gasteiger partial charge in [0.2, 0.25) is 0 Å². The molecular weight excluding hydrogens is 322 g/mol. The van der Waals surface area contributed by atoms with Crippen LogP contribution in [0.4, 0.5) is 5.69 Å². The van der Waals surface area contributed by atoms with E-state index in [1.807, 2.05) is 32.0 Å². The fourth-order valence-electron chi connectivity index (χ4n) is 1.92. The molecule has 0 aliphatic carbocycles. The number of aromatic carboxylic acids is 1. The summed E-state index contributed by atoms with van der Waals surface area (Å²) in [6.45, 7) is 4.07. The number of hydrogen-bond acceptors (Lipinski definition) is 4. The number of sulfonamides is 1. The van der Waals surface area contributed by atoms with Crippen molar-refractivity contribution >= 4 is 33.0 Å². The molecule has 7 heteroatoms. The van der Waals surface area contributed by atoms with Gasteiger partial charge in [0.25, 0.3) is 10.0 Å².